The van der Waals surface area contributed by atoms with Crippen LogP contribution in [0.2, 0.25) is 0 Å². The smallest absolute Gasteiger partial charge is 0.316 e. The maximum absolute atomic E-state index is 13.8. The van der Waals surface area contributed by atoms with Gasteiger partial charge in [0.15, 0.2) is 0 Å². The SMILES string of the molecule is CCc1cnc(OC2CCCN(C(=O)c3ccc(F)cc3F)C2)nc1. The number of likely N-dealkylation sites (tertiary alicyclic amines) is 1. The Bertz CT molecular complexity index is 752. The van der Waals surface area contributed by atoms with E-state index in [-0.39, 0.29) is 17.7 Å². The second kappa shape index (κ2) is 7.55. The fourth-order valence-corrected chi connectivity index (χ4v) is 2.79. The molecule has 0 aliphatic carbocycles. The molecule has 1 saturated heterocycles. The van der Waals surface area contributed by atoms with Crippen molar-refractivity contribution in [2.45, 2.75) is 32.3 Å². The first kappa shape index (κ1) is 17.3. The topological polar surface area (TPSA) is 55.3 Å². The summed E-state index contributed by atoms with van der Waals surface area (Å²) < 4.78 is 32.6. The van der Waals surface area contributed by atoms with E-state index in [0.717, 1.165) is 30.9 Å². The van der Waals surface area contributed by atoms with Gasteiger partial charge in [0.05, 0.1) is 12.1 Å². The molecule has 0 saturated carbocycles. The van der Waals surface area contributed by atoms with E-state index in [1.54, 1.807) is 12.4 Å². The molecule has 25 heavy (non-hydrogen) atoms. The zero-order valence-electron chi connectivity index (χ0n) is 13.9. The summed E-state index contributed by atoms with van der Waals surface area (Å²) in [6.45, 7) is 2.83. The van der Waals surface area contributed by atoms with Crippen LogP contribution in [0.25, 0.3) is 0 Å². The number of aromatic nitrogens is 2. The highest BCUT2D eigenvalue weighted by Crippen LogP contribution is 2.19. The average Bonchev–Trinajstić information content (AvgIpc) is 2.62. The number of carbonyl (C=O) groups is 1. The summed E-state index contributed by atoms with van der Waals surface area (Å²) in [5.74, 6) is -2.03. The minimum Gasteiger partial charge on any atom is -0.458 e. The first-order valence-corrected chi connectivity index (χ1v) is 8.28. The highest BCUT2D eigenvalue weighted by atomic mass is 19.1. The van der Waals surface area contributed by atoms with Gasteiger partial charge in [0.25, 0.3) is 5.91 Å². The van der Waals surface area contributed by atoms with Gasteiger partial charge in [-0.1, -0.05) is 6.92 Å². The molecule has 1 fully saturated rings. The van der Waals surface area contributed by atoms with Gasteiger partial charge in [0.1, 0.15) is 17.7 Å². The van der Waals surface area contributed by atoms with Crippen LogP contribution in [0.5, 0.6) is 6.01 Å². The molecular weight excluding hydrogens is 328 g/mol. The maximum atomic E-state index is 13.8. The quantitative estimate of drug-likeness (QED) is 0.853. The summed E-state index contributed by atoms with van der Waals surface area (Å²) in [5, 5.41) is 0. The monoisotopic (exact) mass is 347 g/mol. The van der Waals surface area contributed by atoms with Gasteiger partial charge in [0.2, 0.25) is 0 Å². The summed E-state index contributed by atoms with van der Waals surface area (Å²) in [6.07, 6.45) is 5.49. The van der Waals surface area contributed by atoms with E-state index in [2.05, 4.69) is 9.97 Å². The van der Waals surface area contributed by atoms with Crippen LogP contribution in [0.4, 0.5) is 8.78 Å². The number of hydrogen-bond acceptors (Lipinski definition) is 4. The Kier molecular flexibility index (Phi) is 5.21. The molecule has 132 valence electrons. The van der Waals surface area contributed by atoms with Crippen LogP contribution < -0.4 is 4.74 Å². The summed E-state index contributed by atoms with van der Waals surface area (Å²) in [6, 6.07) is 3.24. The van der Waals surface area contributed by atoms with Crippen molar-refractivity contribution < 1.29 is 18.3 Å². The fourth-order valence-electron chi connectivity index (χ4n) is 2.79. The number of rotatable bonds is 4. The van der Waals surface area contributed by atoms with Crippen molar-refractivity contribution in [1.82, 2.24) is 14.9 Å². The molecule has 0 spiro atoms. The molecule has 0 radical (unpaired) electrons. The molecule has 5 nitrogen and oxygen atoms in total. The van der Waals surface area contributed by atoms with Crippen LogP contribution in [0, 0.1) is 11.6 Å². The Morgan fingerprint density at radius 3 is 2.76 bits per heavy atom. The Hall–Kier alpha value is -2.57. The van der Waals surface area contributed by atoms with Gasteiger partial charge in [-0.15, -0.1) is 0 Å². The van der Waals surface area contributed by atoms with Gasteiger partial charge < -0.3 is 9.64 Å². The van der Waals surface area contributed by atoms with Gasteiger partial charge in [-0.2, -0.15) is 0 Å². The number of halogens is 2. The fraction of sp³-hybridized carbons (Fsp3) is 0.389. The summed E-state index contributed by atoms with van der Waals surface area (Å²) in [5.41, 5.74) is 0.880. The molecule has 1 aliphatic heterocycles. The summed E-state index contributed by atoms with van der Waals surface area (Å²) in [4.78, 5) is 22.3. The zero-order chi connectivity index (χ0) is 17.8. The molecule has 1 atom stereocenters. The van der Waals surface area contributed by atoms with E-state index >= 15 is 0 Å². The van der Waals surface area contributed by atoms with Crippen molar-refractivity contribution in [3.63, 3.8) is 0 Å². The van der Waals surface area contributed by atoms with Crippen molar-refractivity contribution >= 4 is 5.91 Å². The third kappa shape index (κ3) is 4.10. The normalized spacial score (nSPS) is 17.4. The molecule has 2 aromatic rings. The molecule has 0 N–H and O–H groups in total. The summed E-state index contributed by atoms with van der Waals surface area (Å²) >= 11 is 0. The van der Waals surface area contributed by atoms with Gasteiger partial charge in [-0.25, -0.2) is 18.7 Å². The minimum atomic E-state index is -0.855. The van der Waals surface area contributed by atoms with Crippen LogP contribution in [0.15, 0.2) is 30.6 Å². The first-order valence-electron chi connectivity index (χ1n) is 8.28. The van der Waals surface area contributed by atoms with Gasteiger partial charge in [-0.3, -0.25) is 4.79 Å². The van der Waals surface area contributed by atoms with Crippen LogP contribution in [-0.2, 0) is 6.42 Å². The third-order valence-electron chi connectivity index (χ3n) is 4.19. The predicted molar refractivity (Wildman–Crippen MR) is 87.3 cm³/mol. The lowest BCUT2D eigenvalue weighted by Crippen LogP contribution is -2.44. The number of hydrogen-bond donors (Lipinski definition) is 0. The highest BCUT2D eigenvalue weighted by Gasteiger charge is 2.27. The van der Waals surface area contributed by atoms with Crippen molar-refractivity contribution in [1.29, 1.82) is 0 Å². The number of carbonyl (C=O) groups excluding carboxylic acids is 1. The number of aryl methyl sites for hydroxylation is 1. The lowest BCUT2D eigenvalue weighted by Gasteiger charge is -2.32. The van der Waals surface area contributed by atoms with Crippen LogP contribution in [0.3, 0.4) is 0 Å². The number of nitrogens with zero attached hydrogens (tertiary/aromatic N) is 3. The van der Waals surface area contributed by atoms with Crippen LogP contribution >= 0.6 is 0 Å². The zero-order valence-corrected chi connectivity index (χ0v) is 13.9. The molecule has 1 unspecified atom stereocenters. The Morgan fingerprint density at radius 2 is 2.08 bits per heavy atom. The van der Waals surface area contributed by atoms with E-state index in [1.165, 1.54) is 11.0 Å². The molecule has 2 heterocycles. The molecule has 1 aromatic heterocycles. The Labute approximate surface area is 144 Å². The van der Waals surface area contributed by atoms with E-state index < -0.39 is 17.5 Å². The van der Waals surface area contributed by atoms with E-state index in [9.17, 15) is 13.6 Å². The van der Waals surface area contributed by atoms with Gasteiger partial charge in [0, 0.05) is 25.0 Å². The predicted octanol–water partition coefficient (Wildman–Crippen LogP) is 3.00. The van der Waals surface area contributed by atoms with E-state index in [4.69, 9.17) is 4.74 Å². The standard InChI is InChI=1S/C18H19F2N3O2/c1-2-12-9-21-18(22-10-12)25-14-4-3-7-23(11-14)17(24)15-6-5-13(19)8-16(15)20/h5-6,8-10,14H,2-4,7,11H2,1H3. The van der Waals surface area contributed by atoms with Crippen LogP contribution in [0.1, 0.15) is 35.7 Å². The van der Waals surface area contributed by atoms with Crippen molar-refractivity contribution in [2.75, 3.05) is 13.1 Å². The first-order chi connectivity index (χ1) is 12.1. The number of amides is 1. The van der Waals surface area contributed by atoms with Crippen LogP contribution in [-0.4, -0.2) is 40.0 Å². The molecule has 1 aliphatic rings. The minimum absolute atomic E-state index is 0.134. The van der Waals surface area contributed by atoms with Crippen molar-refractivity contribution in [3.05, 3.63) is 53.4 Å². The van der Waals surface area contributed by atoms with Gasteiger partial charge in [-0.05, 0) is 37.0 Å². The van der Waals surface area contributed by atoms with Gasteiger partial charge >= 0.3 is 6.01 Å². The largest absolute Gasteiger partial charge is 0.458 e. The average molecular weight is 347 g/mol. The third-order valence-corrected chi connectivity index (χ3v) is 4.19. The lowest BCUT2D eigenvalue weighted by molar-refractivity contribution is 0.0511. The van der Waals surface area contributed by atoms with E-state index in [1.807, 2.05) is 6.92 Å². The highest BCUT2D eigenvalue weighted by molar-refractivity contribution is 5.94. The number of benzene rings is 1. The molecule has 1 amide bonds. The molecule has 7 heteroatoms. The Balaban J connectivity index is 1.66. The van der Waals surface area contributed by atoms with Crippen molar-refractivity contribution in [3.8, 4) is 6.01 Å². The van der Waals surface area contributed by atoms with Crippen molar-refractivity contribution in [2.24, 2.45) is 0 Å². The maximum Gasteiger partial charge on any atom is 0.316 e. The molecule has 3 rings (SSSR count). The summed E-state index contributed by atoms with van der Waals surface area (Å²) in [7, 11) is 0. The number of piperidine rings is 1. The lowest BCUT2D eigenvalue weighted by atomic mass is 10.1. The molecular formula is C18H19F2N3O2. The molecule has 1 aromatic carbocycles. The second-order valence-electron chi connectivity index (χ2n) is 5.98. The Morgan fingerprint density at radius 1 is 1.32 bits per heavy atom. The van der Waals surface area contributed by atoms with E-state index in [0.29, 0.717) is 19.2 Å². The molecule has 0 bridgehead atoms. The second-order valence-corrected chi connectivity index (χ2v) is 5.98. The number of ether oxygens (including phenoxy) is 1.